The predicted octanol–water partition coefficient (Wildman–Crippen LogP) is 3.79. The number of aryl methyl sites for hydroxylation is 1. The Kier molecular flexibility index (Phi) is 7.87. The van der Waals surface area contributed by atoms with Gasteiger partial charge in [-0.05, 0) is 19.8 Å². The smallest absolute Gasteiger partial charge is 0.409 e. The maximum Gasteiger partial charge on any atom is 0.409 e. The Labute approximate surface area is 201 Å². The number of fused-ring (bicyclic) bond motifs is 2. The van der Waals surface area contributed by atoms with Gasteiger partial charge in [-0.1, -0.05) is 26.7 Å². The first kappa shape index (κ1) is 24.3. The van der Waals surface area contributed by atoms with Crippen LogP contribution in [0.15, 0.2) is 6.20 Å². The van der Waals surface area contributed by atoms with Crippen LogP contribution in [-0.2, 0) is 22.4 Å². The molecule has 1 saturated heterocycles. The maximum atomic E-state index is 12.2. The molecule has 0 bridgehead atoms. The van der Waals surface area contributed by atoms with Crippen molar-refractivity contribution in [1.82, 2.24) is 24.6 Å². The van der Waals surface area contributed by atoms with Gasteiger partial charge in [0.25, 0.3) is 0 Å². The first-order chi connectivity index (χ1) is 16.6. The van der Waals surface area contributed by atoms with Crippen molar-refractivity contribution in [3.63, 3.8) is 0 Å². The summed E-state index contributed by atoms with van der Waals surface area (Å²) in [5, 5.41) is 5.08. The summed E-state index contributed by atoms with van der Waals surface area (Å²) in [6, 6.07) is 0.306. The molecule has 0 spiro atoms. The van der Waals surface area contributed by atoms with Crippen LogP contribution in [-0.4, -0.2) is 70.8 Å². The van der Waals surface area contributed by atoms with Crippen molar-refractivity contribution in [3.05, 3.63) is 23.3 Å². The Morgan fingerprint density at radius 2 is 1.94 bits per heavy atom. The second kappa shape index (κ2) is 11.0. The molecule has 0 N–H and O–H groups in total. The quantitative estimate of drug-likeness (QED) is 0.666. The number of rotatable bonds is 3. The number of unbranched alkanes of at least 4 members (excludes halogenated alkanes) is 1. The van der Waals surface area contributed by atoms with Crippen LogP contribution in [0.25, 0.3) is 0 Å². The van der Waals surface area contributed by atoms with Gasteiger partial charge in [-0.15, -0.1) is 0 Å². The van der Waals surface area contributed by atoms with E-state index in [4.69, 9.17) is 19.3 Å². The minimum atomic E-state index is -0.313. The van der Waals surface area contributed by atoms with Gasteiger partial charge < -0.3 is 24.0 Å². The summed E-state index contributed by atoms with van der Waals surface area (Å²) < 4.78 is 18.5. The fraction of sp³-hybridized carbons (Fsp3) is 0.667. The molecule has 2 aromatic rings. The highest BCUT2D eigenvalue weighted by Gasteiger charge is 2.34. The molecule has 10 nitrogen and oxygen atoms in total. The summed E-state index contributed by atoms with van der Waals surface area (Å²) >= 11 is 0. The number of carbonyl (C=O) groups excluding carboxylic acids is 1. The van der Waals surface area contributed by atoms with Gasteiger partial charge in [0.1, 0.15) is 18.1 Å². The summed E-state index contributed by atoms with van der Waals surface area (Å²) in [6.07, 6.45) is 6.74. The molecule has 0 unspecified atom stereocenters. The SMILES string of the molecule is CCCC.COC(=O)N1CCc2c(c(N3CCOc4nc(C)ncc43)nn2C2CCOCC2)C1. The van der Waals surface area contributed by atoms with Crippen molar-refractivity contribution < 1.29 is 19.0 Å². The third-order valence-electron chi connectivity index (χ3n) is 6.49. The van der Waals surface area contributed by atoms with Gasteiger partial charge in [0.15, 0.2) is 5.82 Å². The Balaban J connectivity index is 0.000000636. The van der Waals surface area contributed by atoms with Crippen LogP contribution in [0.3, 0.4) is 0 Å². The Bertz CT molecular complexity index is 986. The van der Waals surface area contributed by atoms with E-state index in [1.807, 2.05) is 6.92 Å². The van der Waals surface area contributed by atoms with E-state index in [9.17, 15) is 4.79 Å². The minimum absolute atomic E-state index is 0.306. The molecule has 0 saturated carbocycles. The van der Waals surface area contributed by atoms with Gasteiger partial charge >= 0.3 is 6.09 Å². The number of nitrogens with zero attached hydrogens (tertiary/aromatic N) is 6. The predicted molar refractivity (Wildman–Crippen MR) is 128 cm³/mol. The third-order valence-corrected chi connectivity index (χ3v) is 6.49. The zero-order valence-electron chi connectivity index (χ0n) is 20.7. The largest absolute Gasteiger partial charge is 0.474 e. The van der Waals surface area contributed by atoms with Crippen molar-refractivity contribution in [3.8, 4) is 5.88 Å². The highest BCUT2D eigenvalue weighted by molar-refractivity contribution is 5.71. The molecule has 34 heavy (non-hydrogen) atoms. The number of hydrogen-bond donors (Lipinski definition) is 0. The topological polar surface area (TPSA) is 94.8 Å². The van der Waals surface area contributed by atoms with E-state index in [1.165, 1.54) is 25.6 Å². The monoisotopic (exact) mass is 472 g/mol. The fourth-order valence-electron chi connectivity index (χ4n) is 4.47. The van der Waals surface area contributed by atoms with Gasteiger partial charge in [0.2, 0.25) is 5.88 Å². The number of ether oxygens (including phenoxy) is 3. The molecule has 5 rings (SSSR count). The van der Waals surface area contributed by atoms with Crippen LogP contribution in [0.5, 0.6) is 5.88 Å². The van der Waals surface area contributed by atoms with E-state index in [-0.39, 0.29) is 6.09 Å². The summed E-state index contributed by atoms with van der Waals surface area (Å²) in [6.45, 7) is 9.96. The molecule has 3 aliphatic rings. The lowest BCUT2D eigenvalue weighted by atomic mass is 10.0. The van der Waals surface area contributed by atoms with Crippen molar-refractivity contribution in [1.29, 1.82) is 0 Å². The molecular weight excluding hydrogens is 436 g/mol. The van der Waals surface area contributed by atoms with Gasteiger partial charge in [-0.2, -0.15) is 10.1 Å². The van der Waals surface area contributed by atoms with Gasteiger partial charge in [0, 0.05) is 37.4 Å². The van der Waals surface area contributed by atoms with Crippen molar-refractivity contribution in [2.24, 2.45) is 0 Å². The number of amides is 1. The lowest BCUT2D eigenvalue weighted by Crippen LogP contribution is -2.37. The number of aromatic nitrogens is 4. The molecule has 1 fully saturated rings. The molecule has 0 aromatic carbocycles. The Morgan fingerprint density at radius 1 is 1.18 bits per heavy atom. The first-order valence-electron chi connectivity index (χ1n) is 12.3. The molecule has 5 heterocycles. The lowest BCUT2D eigenvalue weighted by molar-refractivity contribution is 0.0649. The van der Waals surface area contributed by atoms with Crippen molar-refractivity contribution in [2.45, 2.75) is 65.5 Å². The highest BCUT2D eigenvalue weighted by atomic mass is 16.5. The summed E-state index contributed by atoms with van der Waals surface area (Å²) in [5.41, 5.74) is 3.06. The van der Waals surface area contributed by atoms with E-state index < -0.39 is 0 Å². The van der Waals surface area contributed by atoms with Crippen LogP contribution in [0.1, 0.15) is 62.7 Å². The zero-order chi connectivity index (χ0) is 24.1. The molecule has 2 aromatic heterocycles. The zero-order valence-corrected chi connectivity index (χ0v) is 20.7. The highest BCUT2D eigenvalue weighted by Crippen LogP contribution is 2.39. The van der Waals surface area contributed by atoms with Crippen LogP contribution in [0.2, 0.25) is 0 Å². The molecule has 0 aliphatic carbocycles. The number of methoxy groups -OCH3 is 1. The molecule has 0 radical (unpaired) electrons. The average molecular weight is 473 g/mol. The number of anilines is 2. The summed E-state index contributed by atoms with van der Waals surface area (Å²) in [5.74, 6) is 2.09. The molecule has 1 amide bonds. The maximum absolute atomic E-state index is 12.2. The van der Waals surface area contributed by atoms with E-state index in [0.717, 1.165) is 49.5 Å². The fourth-order valence-corrected chi connectivity index (χ4v) is 4.47. The van der Waals surface area contributed by atoms with Gasteiger partial charge in [-0.25, -0.2) is 9.78 Å². The summed E-state index contributed by atoms with van der Waals surface area (Å²) in [7, 11) is 1.42. The third kappa shape index (κ3) is 4.96. The molecular formula is C24H36N6O4. The second-order valence-corrected chi connectivity index (χ2v) is 8.79. The lowest BCUT2D eigenvalue weighted by Gasteiger charge is -2.31. The second-order valence-electron chi connectivity index (χ2n) is 8.79. The Hall–Kier alpha value is -2.88. The summed E-state index contributed by atoms with van der Waals surface area (Å²) in [4.78, 5) is 24.9. The van der Waals surface area contributed by atoms with E-state index in [0.29, 0.717) is 44.0 Å². The first-order valence-corrected chi connectivity index (χ1v) is 12.3. The Morgan fingerprint density at radius 3 is 2.65 bits per heavy atom. The van der Waals surface area contributed by atoms with Crippen LogP contribution >= 0.6 is 0 Å². The van der Waals surface area contributed by atoms with Crippen molar-refractivity contribution >= 4 is 17.6 Å². The van der Waals surface area contributed by atoms with Crippen LogP contribution in [0, 0.1) is 6.92 Å². The number of carbonyl (C=O) groups is 1. The number of hydrogen-bond acceptors (Lipinski definition) is 8. The molecule has 10 heteroatoms. The van der Waals surface area contributed by atoms with E-state index in [2.05, 4.69) is 33.4 Å². The van der Waals surface area contributed by atoms with Crippen molar-refractivity contribution in [2.75, 3.05) is 44.9 Å². The molecule has 0 atom stereocenters. The van der Waals surface area contributed by atoms with E-state index >= 15 is 0 Å². The molecule has 3 aliphatic heterocycles. The van der Waals surface area contributed by atoms with Gasteiger partial charge in [-0.3, -0.25) is 4.68 Å². The average Bonchev–Trinajstić information content (AvgIpc) is 3.27. The van der Waals surface area contributed by atoms with Gasteiger partial charge in [0.05, 0.1) is 32.4 Å². The van der Waals surface area contributed by atoms with Crippen LogP contribution in [0.4, 0.5) is 16.3 Å². The normalized spacial score (nSPS) is 17.8. The standard InChI is InChI=1S/C20H26N6O4.C4H10/c1-13-21-11-17-19(22-13)30-10-7-25(17)18-15-12-24(20(27)28-2)6-3-16(15)26(23-18)14-4-8-29-9-5-14;1-3-4-2/h11,14H,3-10,12H2,1-2H3;3-4H2,1-2H3. The molecule has 186 valence electrons. The van der Waals surface area contributed by atoms with Crippen LogP contribution < -0.4 is 9.64 Å². The minimum Gasteiger partial charge on any atom is -0.474 e. The van der Waals surface area contributed by atoms with E-state index in [1.54, 1.807) is 11.1 Å².